The molecule has 4 atom stereocenters. The van der Waals surface area contributed by atoms with Crippen LogP contribution < -0.4 is 20.4 Å². The summed E-state index contributed by atoms with van der Waals surface area (Å²) in [5, 5.41) is 17.3. The quantitative estimate of drug-likeness (QED) is 0.189. The number of aliphatic hydroxyl groups excluding tert-OH is 1. The molecule has 1 amide bonds. The van der Waals surface area contributed by atoms with Crippen molar-refractivity contribution in [1.29, 1.82) is 0 Å². The van der Waals surface area contributed by atoms with E-state index in [1.54, 1.807) is 19.4 Å². The summed E-state index contributed by atoms with van der Waals surface area (Å²) in [5.41, 5.74) is 1.75. The number of aromatic nitrogens is 2. The van der Waals surface area contributed by atoms with E-state index in [4.69, 9.17) is 9.47 Å². The highest BCUT2D eigenvalue weighted by Crippen LogP contribution is 2.60. The molecule has 1 aromatic heterocycles. The Balaban J connectivity index is 1.27. The lowest BCUT2D eigenvalue weighted by Crippen LogP contribution is -2.51. The van der Waals surface area contributed by atoms with Crippen LogP contribution in [0.4, 0.5) is 5.69 Å². The molecule has 2 aliphatic heterocycles. The highest BCUT2D eigenvalue weighted by Gasteiger charge is 2.66. The van der Waals surface area contributed by atoms with Crippen molar-refractivity contribution >= 4 is 51.6 Å². The number of halogens is 1. The van der Waals surface area contributed by atoms with Gasteiger partial charge < -0.3 is 19.5 Å². The van der Waals surface area contributed by atoms with Crippen molar-refractivity contribution in [2.75, 3.05) is 18.6 Å². The number of aliphatic hydroxyl groups is 1. The van der Waals surface area contributed by atoms with Gasteiger partial charge in [0.15, 0.2) is 5.60 Å². The van der Waals surface area contributed by atoms with Crippen LogP contribution >= 0.6 is 15.9 Å². The van der Waals surface area contributed by atoms with Crippen molar-refractivity contribution in [3.05, 3.63) is 123 Å². The Hall–Kier alpha value is -4.09. The van der Waals surface area contributed by atoms with Crippen LogP contribution in [0.1, 0.15) is 24.5 Å². The number of hydrogen-bond donors (Lipinski definition) is 1. The molecule has 4 aromatic carbocycles. The summed E-state index contributed by atoms with van der Waals surface area (Å²) in [7, 11) is -0.621. The Morgan fingerprint density at radius 1 is 1.00 bits per heavy atom. The number of benzene rings is 4. The summed E-state index contributed by atoms with van der Waals surface area (Å²) in [6.07, 6.45) is 1.83. The monoisotopic (exact) mass is 723 g/mol. The van der Waals surface area contributed by atoms with Crippen LogP contribution in [0.15, 0.2) is 106 Å². The van der Waals surface area contributed by atoms with Gasteiger partial charge in [-0.25, -0.2) is 0 Å². The standard InChI is InChI=1S/C38H38BrN3O5Si/c1-24-35(48(3,4)30-15-13-29(46-2)14-16-30)34(18-19-43)47-38(24)32-21-27(39)12-17-33(32)41(37(38)45)23-25-8-7-10-28(20-25)42-36(44)31-11-6-5-9-26(31)22-40-42/h5-17,20-22,24,34-35,43H,18-19,23H2,1-4H3/t24-,34+,35-,38+/m1/s1. The van der Waals surface area contributed by atoms with E-state index in [-0.39, 0.29) is 42.2 Å². The van der Waals surface area contributed by atoms with Crippen LogP contribution in [0, 0.1) is 5.92 Å². The second-order valence-corrected chi connectivity index (χ2v) is 18.9. The van der Waals surface area contributed by atoms with Crippen molar-refractivity contribution < 1.29 is 19.4 Å². The Labute approximate surface area is 289 Å². The molecule has 8 nitrogen and oxygen atoms in total. The van der Waals surface area contributed by atoms with Crippen molar-refractivity contribution in [3.63, 3.8) is 0 Å². The summed E-state index contributed by atoms with van der Waals surface area (Å²) in [6.45, 7) is 7.06. The van der Waals surface area contributed by atoms with Gasteiger partial charge in [0, 0.05) is 27.9 Å². The summed E-state index contributed by atoms with van der Waals surface area (Å²) in [5.74, 6) is 0.517. The topological polar surface area (TPSA) is 93.9 Å². The van der Waals surface area contributed by atoms with Crippen LogP contribution in [0.3, 0.4) is 0 Å². The van der Waals surface area contributed by atoms with Crippen LogP contribution in [0.2, 0.25) is 18.6 Å². The molecule has 1 fully saturated rings. The first kappa shape index (κ1) is 32.5. The largest absolute Gasteiger partial charge is 0.497 e. The van der Waals surface area contributed by atoms with E-state index in [0.29, 0.717) is 17.5 Å². The smallest absolute Gasteiger partial charge is 0.279 e. The lowest BCUT2D eigenvalue weighted by molar-refractivity contribution is -0.146. The molecule has 2 aliphatic rings. The van der Waals surface area contributed by atoms with Gasteiger partial charge in [-0.2, -0.15) is 9.78 Å². The molecule has 3 heterocycles. The minimum Gasteiger partial charge on any atom is -0.497 e. The van der Waals surface area contributed by atoms with Crippen LogP contribution in [0.25, 0.3) is 16.5 Å². The maximum atomic E-state index is 15.0. The van der Waals surface area contributed by atoms with Crippen molar-refractivity contribution in [2.24, 2.45) is 5.92 Å². The molecule has 1 saturated heterocycles. The third-order valence-corrected chi connectivity index (χ3v) is 15.3. The highest BCUT2D eigenvalue weighted by atomic mass is 79.9. The predicted molar refractivity (Wildman–Crippen MR) is 194 cm³/mol. The van der Waals surface area contributed by atoms with Crippen LogP contribution in [-0.2, 0) is 21.7 Å². The number of anilines is 1. The van der Waals surface area contributed by atoms with Gasteiger partial charge in [0.2, 0.25) is 0 Å². The van der Waals surface area contributed by atoms with Crippen molar-refractivity contribution in [1.82, 2.24) is 9.78 Å². The van der Waals surface area contributed by atoms with E-state index in [2.05, 4.69) is 53.2 Å². The SMILES string of the molecule is COc1ccc([Si](C)(C)[C@H]2[C@H](CCO)O[C@@]3(C(=O)N(Cc4cccc(-n5ncc6ccccc6c5=O)c4)c4ccc(Br)cc43)[C@@H]2C)cc1. The molecule has 246 valence electrons. The molecule has 1 spiro atoms. The summed E-state index contributed by atoms with van der Waals surface area (Å²) < 4.78 is 14.7. The van der Waals surface area contributed by atoms with E-state index < -0.39 is 13.7 Å². The van der Waals surface area contributed by atoms with Gasteiger partial charge >= 0.3 is 0 Å². The minimum atomic E-state index is -2.28. The molecule has 10 heteroatoms. The molecule has 0 unspecified atom stereocenters. The van der Waals surface area contributed by atoms with Gasteiger partial charge in [-0.3, -0.25) is 9.59 Å². The summed E-state index contributed by atoms with van der Waals surface area (Å²) in [4.78, 5) is 30.1. The van der Waals surface area contributed by atoms with Crippen LogP contribution in [-0.4, -0.2) is 48.7 Å². The number of amides is 1. The summed E-state index contributed by atoms with van der Waals surface area (Å²) >= 11 is 3.66. The fraction of sp³-hybridized carbons (Fsp3) is 0.289. The number of ether oxygens (including phenoxy) is 2. The maximum Gasteiger partial charge on any atom is 0.279 e. The molecule has 5 aromatic rings. The zero-order valence-electron chi connectivity index (χ0n) is 27.4. The first-order valence-corrected chi connectivity index (χ1v) is 20.1. The average Bonchev–Trinajstić information content (AvgIpc) is 3.51. The second kappa shape index (κ2) is 12.4. The van der Waals surface area contributed by atoms with Gasteiger partial charge in [0.1, 0.15) is 5.75 Å². The minimum absolute atomic E-state index is 0.0325. The molecular formula is C38H38BrN3O5Si. The number of fused-ring (bicyclic) bond motifs is 3. The number of carbonyl (C=O) groups excluding carboxylic acids is 1. The normalized spacial score (nSPS) is 22.1. The first-order chi connectivity index (χ1) is 23.1. The van der Waals surface area contributed by atoms with E-state index in [0.717, 1.165) is 32.4 Å². The zero-order chi connectivity index (χ0) is 33.8. The van der Waals surface area contributed by atoms with Gasteiger partial charge in [0.05, 0.1) is 50.8 Å². The Bertz CT molecular complexity index is 2080. The van der Waals surface area contributed by atoms with Gasteiger partial charge in [-0.15, -0.1) is 0 Å². The molecule has 1 N–H and O–H groups in total. The Morgan fingerprint density at radius 3 is 2.52 bits per heavy atom. The van der Waals surface area contributed by atoms with E-state index in [1.165, 1.54) is 9.87 Å². The molecule has 0 saturated carbocycles. The van der Waals surface area contributed by atoms with Crippen LogP contribution in [0.5, 0.6) is 5.75 Å². The fourth-order valence-electron chi connectivity index (χ4n) is 8.08. The average molecular weight is 725 g/mol. The van der Waals surface area contributed by atoms with Crippen molar-refractivity contribution in [3.8, 4) is 11.4 Å². The molecule has 0 bridgehead atoms. The third-order valence-electron chi connectivity index (χ3n) is 10.4. The third kappa shape index (κ3) is 5.13. The first-order valence-electron chi connectivity index (χ1n) is 16.2. The maximum absolute atomic E-state index is 15.0. The zero-order valence-corrected chi connectivity index (χ0v) is 30.0. The number of rotatable bonds is 8. The molecule has 0 aliphatic carbocycles. The Morgan fingerprint density at radius 2 is 1.77 bits per heavy atom. The van der Waals surface area contributed by atoms with E-state index in [1.807, 2.05) is 77.7 Å². The summed E-state index contributed by atoms with van der Waals surface area (Å²) in [6, 6.07) is 29.2. The van der Waals surface area contributed by atoms with Gasteiger partial charge in [-0.1, -0.05) is 83.6 Å². The van der Waals surface area contributed by atoms with Gasteiger partial charge in [0.25, 0.3) is 11.5 Å². The second-order valence-electron chi connectivity index (χ2n) is 13.3. The predicted octanol–water partition coefficient (Wildman–Crippen LogP) is 6.30. The van der Waals surface area contributed by atoms with Crippen molar-refractivity contribution in [2.45, 2.75) is 50.2 Å². The van der Waals surface area contributed by atoms with E-state index >= 15 is 0 Å². The Kier molecular flexibility index (Phi) is 8.39. The van der Waals surface area contributed by atoms with Gasteiger partial charge in [-0.05, 0) is 66.1 Å². The molecule has 0 radical (unpaired) electrons. The highest BCUT2D eigenvalue weighted by molar-refractivity contribution is 9.10. The lowest BCUT2D eigenvalue weighted by atomic mass is 9.82. The molecule has 7 rings (SSSR count). The number of nitrogens with zero attached hydrogens (tertiary/aromatic N) is 3. The number of carbonyl (C=O) groups is 1. The molecular weight excluding hydrogens is 686 g/mol. The number of hydrogen-bond acceptors (Lipinski definition) is 6. The van der Waals surface area contributed by atoms with E-state index in [9.17, 15) is 14.7 Å². The molecule has 48 heavy (non-hydrogen) atoms. The number of methoxy groups -OCH3 is 1. The lowest BCUT2D eigenvalue weighted by Gasteiger charge is -2.37. The fourth-order valence-corrected chi connectivity index (χ4v) is 12.5.